The fourth-order valence-corrected chi connectivity index (χ4v) is 1.18. The summed E-state index contributed by atoms with van der Waals surface area (Å²) in [5.74, 6) is 0.936. The molecule has 0 radical (unpaired) electrons. The van der Waals surface area contributed by atoms with Crippen LogP contribution in [0, 0.1) is 0 Å². The molecule has 0 bridgehead atoms. The minimum absolute atomic E-state index is 0.889. The van der Waals surface area contributed by atoms with Crippen LogP contribution >= 0.6 is 0 Å². The van der Waals surface area contributed by atoms with Crippen LogP contribution in [0.15, 0.2) is 29.5 Å². The first-order valence-electron chi connectivity index (χ1n) is 4.02. The Hall–Kier alpha value is -1.45. The zero-order valence-corrected chi connectivity index (χ0v) is 7.07. The van der Waals surface area contributed by atoms with E-state index in [0.29, 0.717) is 0 Å². The van der Waals surface area contributed by atoms with E-state index in [2.05, 4.69) is 15.3 Å². The molecule has 0 aromatic carbocycles. The summed E-state index contributed by atoms with van der Waals surface area (Å²) in [7, 11) is 2.03. The largest absolute Gasteiger partial charge is 0.343 e. The molecule has 0 unspecified atom stereocenters. The van der Waals surface area contributed by atoms with Gasteiger partial charge in [0.25, 0.3) is 0 Å². The molecule has 0 fully saturated rings. The molecule has 1 aliphatic rings. The molecule has 1 aromatic heterocycles. The summed E-state index contributed by atoms with van der Waals surface area (Å²) >= 11 is 0. The summed E-state index contributed by atoms with van der Waals surface area (Å²) in [6, 6.07) is 3.95. The van der Waals surface area contributed by atoms with Crippen LogP contribution in [0.2, 0.25) is 0 Å². The molecule has 0 aliphatic carbocycles. The predicted octanol–water partition coefficient (Wildman–Crippen LogP) is 0.333. The number of nitrogens with zero attached hydrogens (tertiary/aromatic N) is 3. The van der Waals surface area contributed by atoms with Gasteiger partial charge < -0.3 is 4.90 Å². The number of hydrogen-bond donors (Lipinski definition) is 1. The molecule has 1 N–H and O–H groups in total. The molecule has 1 aromatic rings. The Labute approximate surface area is 71.5 Å². The summed E-state index contributed by atoms with van der Waals surface area (Å²) < 4.78 is 1.89. The third-order valence-corrected chi connectivity index (χ3v) is 1.89. The number of rotatable bonds is 1. The predicted molar refractivity (Wildman–Crippen MR) is 48.7 cm³/mol. The minimum Gasteiger partial charge on any atom is -0.343 e. The van der Waals surface area contributed by atoms with Gasteiger partial charge in [-0.3, -0.25) is 10.1 Å². The molecule has 0 amide bonds. The summed E-state index contributed by atoms with van der Waals surface area (Å²) in [4.78, 5) is 6.40. The fourth-order valence-electron chi connectivity index (χ4n) is 1.18. The summed E-state index contributed by atoms with van der Waals surface area (Å²) in [5, 5.41) is 0. The van der Waals surface area contributed by atoms with Gasteiger partial charge in [0.15, 0.2) is 0 Å². The first-order valence-corrected chi connectivity index (χ1v) is 4.02. The number of nitrogens with one attached hydrogen (secondary N) is 1. The zero-order valence-electron chi connectivity index (χ0n) is 7.07. The van der Waals surface area contributed by atoms with Crippen molar-refractivity contribution in [3.8, 4) is 0 Å². The first kappa shape index (κ1) is 7.21. The topological polar surface area (TPSA) is 32.6 Å². The van der Waals surface area contributed by atoms with E-state index in [1.54, 1.807) is 0 Å². The van der Waals surface area contributed by atoms with Crippen molar-refractivity contribution in [1.29, 1.82) is 0 Å². The molecule has 12 heavy (non-hydrogen) atoms. The van der Waals surface area contributed by atoms with Gasteiger partial charge in [-0.1, -0.05) is 0 Å². The number of aliphatic imine (C=N–C) groups is 1. The maximum atomic E-state index is 4.30. The van der Waals surface area contributed by atoms with Gasteiger partial charge in [-0.25, -0.2) is 4.99 Å². The van der Waals surface area contributed by atoms with Crippen molar-refractivity contribution in [2.45, 2.75) is 0 Å². The van der Waals surface area contributed by atoms with E-state index >= 15 is 0 Å². The lowest BCUT2D eigenvalue weighted by atomic mass is 10.6. The van der Waals surface area contributed by atoms with E-state index in [4.69, 9.17) is 0 Å². The van der Waals surface area contributed by atoms with Crippen molar-refractivity contribution in [3.63, 3.8) is 0 Å². The molecule has 0 saturated heterocycles. The van der Waals surface area contributed by atoms with Crippen LogP contribution < -0.4 is 5.43 Å². The Balaban J connectivity index is 2.04. The molecule has 64 valence electrons. The highest BCUT2D eigenvalue weighted by Gasteiger charge is 2.10. The highest BCUT2D eigenvalue weighted by molar-refractivity contribution is 5.88. The molecule has 1 aliphatic heterocycles. The van der Waals surface area contributed by atoms with Gasteiger partial charge in [0.1, 0.15) is 0 Å². The molecule has 0 atom stereocenters. The maximum Gasteiger partial charge on any atom is 0.213 e. The van der Waals surface area contributed by atoms with E-state index in [1.165, 1.54) is 0 Å². The second-order valence-electron chi connectivity index (χ2n) is 2.83. The van der Waals surface area contributed by atoms with E-state index in [9.17, 15) is 0 Å². The van der Waals surface area contributed by atoms with Crippen molar-refractivity contribution < 1.29 is 0 Å². The van der Waals surface area contributed by atoms with Crippen molar-refractivity contribution in [3.05, 3.63) is 24.5 Å². The van der Waals surface area contributed by atoms with Crippen LogP contribution in [0.25, 0.3) is 0 Å². The van der Waals surface area contributed by atoms with Crippen molar-refractivity contribution in [2.24, 2.45) is 4.99 Å². The zero-order chi connectivity index (χ0) is 8.39. The summed E-state index contributed by atoms with van der Waals surface area (Å²) in [6.07, 6.45) is 3.91. The smallest absolute Gasteiger partial charge is 0.213 e. The lowest BCUT2D eigenvalue weighted by molar-refractivity contribution is 0.549. The first-order chi connectivity index (χ1) is 5.86. The van der Waals surface area contributed by atoms with Gasteiger partial charge in [0.2, 0.25) is 5.96 Å². The van der Waals surface area contributed by atoms with Crippen LogP contribution in [0.3, 0.4) is 0 Å². The number of hydrogen-bond acceptors (Lipinski definition) is 3. The van der Waals surface area contributed by atoms with E-state index in [-0.39, 0.29) is 0 Å². The average molecular weight is 164 g/mol. The quantitative estimate of drug-likeness (QED) is 0.649. The minimum atomic E-state index is 0.889. The van der Waals surface area contributed by atoms with Gasteiger partial charge >= 0.3 is 0 Å². The standard InChI is InChI=1S/C8H12N4/c1-11-7-4-9-8(11)10-12-5-2-3-6-12/h2-3,5-6H,4,7H2,1H3,(H,9,10). The molecule has 4 heteroatoms. The van der Waals surface area contributed by atoms with Crippen molar-refractivity contribution >= 4 is 5.96 Å². The van der Waals surface area contributed by atoms with Crippen LogP contribution in [0.5, 0.6) is 0 Å². The van der Waals surface area contributed by atoms with Crippen LogP contribution in [-0.4, -0.2) is 35.7 Å². The second kappa shape index (κ2) is 2.89. The highest BCUT2D eigenvalue weighted by Crippen LogP contribution is 1.96. The number of aromatic nitrogens is 1. The summed E-state index contributed by atoms with van der Waals surface area (Å²) in [6.45, 7) is 1.89. The monoisotopic (exact) mass is 164 g/mol. The van der Waals surface area contributed by atoms with Gasteiger partial charge in [-0.15, -0.1) is 0 Å². The molecule has 0 saturated carbocycles. The average Bonchev–Trinajstić information content (AvgIpc) is 2.65. The molecule has 4 nitrogen and oxygen atoms in total. The normalized spacial score (nSPS) is 16.4. The lowest BCUT2D eigenvalue weighted by Crippen LogP contribution is -2.33. The van der Waals surface area contributed by atoms with E-state index in [1.807, 2.05) is 36.3 Å². The molecule has 2 heterocycles. The fraction of sp³-hybridized carbons (Fsp3) is 0.375. The SMILES string of the molecule is CN1CCN=C1Nn1cccc1. The maximum absolute atomic E-state index is 4.30. The van der Waals surface area contributed by atoms with Crippen LogP contribution in [-0.2, 0) is 0 Å². The van der Waals surface area contributed by atoms with Gasteiger partial charge in [0.05, 0.1) is 6.54 Å². The van der Waals surface area contributed by atoms with E-state index in [0.717, 1.165) is 19.0 Å². The lowest BCUT2D eigenvalue weighted by Gasteiger charge is -2.15. The van der Waals surface area contributed by atoms with Crippen molar-refractivity contribution in [2.75, 3.05) is 25.6 Å². The molecule has 0 spiro atoms. The molecular weight excluding hydrogens is 152 g/mol. The Morgan fingerprint density at radius 1 is 1.42 bits per heavy atom. The summed E-state index contributed by atoms with van der Waals surface area (Å²) in [5.41, 5.74) is 3.16. The number of likely N-dealkylation sites (N-methyl/N-ethyl adjacent to an activating group) is 1. The Bertz CT molecular complexity index is 275. The van der Waals surface area contributed by atoms with E-state index < -0.39 is 0 Å². The van der Waals surface area contributed by atoms with Crippen LogP contribution in [0.4, 0.5) is 0 Å². The third kappa shape index (κ3) is 1.28. The van der Waals surface area contributed by atoms with Gasteiger partial charge in [-0.2, -0.15) is 0 Å². The number of guanidine groups is 1. The van der Waals surface area contributed by atoms with Crippen LogP contribution in [0.1, 0.15) is 0 Å². The molecular formula is C8H12N4. The molecule has 2 rings (SSSR count). The third-order valence-electron chi connectivity index (χ3n) is 1.89. The Kier molecular flexibility index (Phi) is 1.74. The second-order valence-corrected chi connectivity index (χ2v) is 2.83. The van der Waals surface area contributed by atoms with Crippen molar-refractivity contribution in [1.82, 2.24) is 9.58 Å². The van der Waals surface area contributed by atoms with Gasteiger partial charge in [-0.05, 0) is 12.1 Å². The van der Waals surface area contributed by atoms with Gasteiger partial charge in [0, 0.05) is 26.0 Å². The Morgan fingerprint density at radius 2 is 2.17 bits per heavy atom. The highest BCUT2D eigenvalue weighted by atomic mass is 15.5. The Morgan fingerprint density at radius 3 is 2.75 bits per heavy atom.